The fourth-order valence-electron chi connectivity index (χ4n) is 2.34. The van der Waals surface area contributed by atoms with Crippen molar-refractivity contribution >= 4 is 27.6 Å². The quantitative estimate of drug-likeness (QED) is 0.596. The molecule has 0 bridgehead atoms. The summed E-state index contributed by atoms with van der Waals surface area (Å²) in [6.07, 6.45) is 0.715. The third kappa shape index (κ3) is 5.67. The van der Waals surface area contributed by atoms with Crippen LogP contribution in [0.2, 0.25) is 5.02 Å². The zero-order chi connectivity index (χ0) is 16.7. The van der Waals surface area contributed by atoms with Crippen LogP contribution in [0.4, 0.5) is 0 Å². The summed E-state index contributed by atoms with van der Waals surface area (Å²) in [4.78, 5) is 4.50. The van der Waals surface area contributed by atoms with Crippen molar-refractivity contribution in [1.29, 1.82) is 0 Å². The highest BCUT2D eigenvalue weighted by atomic mass is 35.5. The molecule has 0 aliphatic carbocycles. The van der Waals surface area contributed by atoms with Crippen molar-refractivity contribution in [2.75, 3.05) is 31.9 Å². The largest absolute Gasteiger partial charge is 0.357 e. The van der Waals surface area contributed by atoms with Crippen molar-refractivity contribution < 1.29 is 8.42 Å². The van der Waals surface area contributed by atoms with Crippen LogP contribution in [-0.4, -0.2) is 50.6 Å². The molecule has 0 aromatic heterocycles. The minimum Gasteiger partial charge on any atom is -0.357 e. The summed E-state index contributed by atoms with van der Waals surface area (Å²) < 4.78 is 25.0. The van der Waals surface area contributed by atoms with Crippen LogP contribution in [0, 0.1) is 0 Å². The van der Waals surface area contributed by atoms with E-state index >= 15 is 0 Å². The van der Waals surface area contributed by atoms with Gasteiger partial charge in [-0.15, -0.1) is 0 Å². The molecule has 0 saturated carbocycles. The molecule has 23 heavy (non-hydrogen) atoms. The topological polar surface area (TPSA) is 73.8 Å². The number of benzene rings is 1. The number of hydrogen-bond donors (Lipinski definition) is 2. The van der Waals surface area contributed by atoms with Gasteiger partial charge in [-0.05, 0) is 31.0 Å². The summed E-state index contributed by atoms with van der Waals surface area (Å²) in [5.41, 5.74) is 1.06. The second-order valence-electron chi connectivity index (χ2n) is 5.32. The van der Waals surface area contributed by atoms with Gasteiger partial charge in [0, 0.05) is 31.2 Å². The third-order valence-corrected chi connectivity index (χ3v) is 5.74. The Morgan fingerprint density at radius 3 is 2.65 bits per heavy atom. The number of nitrogens with zero attached hydrogens (tertiary/aromatic N) is 2. The van der Waals surface area contributed by atoms with Crippen LogP contribution in [0.3, 0.4) is 0 Å². The van der Waals surface area contributed by atoms with Crippen molar-refractivity contribution in [3.63, 3.8) is 0 Å². The zero-order valence-corrected chi connectivity index (χ0v) is 14.8. The Kier molecular flexibility index (Phi) is 6.68. The molecule has 1 fully saturated rings. The highest BCUT2D eigenvalue weighted by Crippen LogP contribution is 2.12. The molecular formula is C15H23ClN4O2S. The molecule has 6 nitrogen and oxygen atoms in total. The predicted molar refractivity (Wildman–Crippen MR) is 94.2 cm³/mol. The van der Waals surface area contributed by atoms with Crippen LogP contribution in [0.25, 0.3) is 0 Å². The van der Waals surface area contributed by atoms with Gasteiger partial charge in [0.25, 0.3) is 0 Å². The second-order valence-corrected chi connectivity index (χ2v) is 7.84. The van der Waals surface area contributed by atoms with E-state index in [9.17, 15) is 8.42 Å². The van der Waals surface area contributed by atoms with Crippen LogP contribution in [0.15, 0.2) is 29.3 Å². The fraction of sp³-hybridized carbons (Fsp3) is 0.533. The molecule has 0 spiro atoms. The average Bonchev–Trinajstić information content (AvgIpc) is 2.85. The lowest BCUT2D eigenvalue weighted by atomic mass is 10.2. The summed E-state index contributed by atoms with van der Waals surface area (Å²) in [6.45, 7) is 4.88. The molecular weight excluding hydrogens is 336 g/mol. The van der Waals surface area contributed by atoms with Crippen LogP contribution in [0.5, 0.6) is 0 Å². The van der Waals surface area contributed by atoms with Gasteiger partial charge in [0.1, 0.15) is 0 Å². The van der Waals surface area contributed by atoms with E-state index in [2.05, 4.69) is 15.6 Å². The molecule has 0 amide bonds. The van der Waals surface area contributed by atoms with Gasteiger partial charge in [-0.3, -0.25) is 0 Å². The average molecular weight is 359 g/mol. The fourth-order valence-corrected chi connectivity index (χ4v) is 4.00. The summed E-state index contributed by atoms with van der Waals surface area (Å²) in [5.74, 6) is 0.941. The maximum atomic E-state index is 11.7. The van der Waals surface area contributed by atoms with E-state index in [-0.39, 0.29) is 5.75 Å². The lowest BCUT2D eigenvalue weighted by Crippen LogP contribution is -2.42. The Balaban J connectivity index is 1.85. The number of halogens is 1. The lowest BCUT2D eigenvalue weighted by molar-refractivity contribution is 0.445. The van der Waals surface area contributed by atoms with Crippen LogP contribution >= 0.6 is 11.6 Å². The van der Waals surface area contributed by atoms with Crippen molar-refractivity contribution in [2.45, 2.75) is 19.9 Å². The lowest BCUT2D eigenvalue weighted by Gasteiger charge is -2.16. The minimum atomic E-state index is -3.04. The highest BCUT2D eigenvalue weighted by Gasteiger charge is 2.27. The summed E-state index contributed by atoms with van der Waals surface area (Å²) in [7, 11) is -3.04. The first-order valence-corrected chi connectivity index (χ1v) is 9.74. The normalized spacial score (nSPS) is 18.1. The van der Waals surface area contributed by atoms with Crippen LogP contribution < -0.4 is 10.6 Å². The summed E-state index contributed by atoms with van der Waals surface area (Å²) >= 11 is 5.86. The Morgan fingerprint density at radius 2 is 2.04 bits per heavy atom. The Labute approximate surface area is 143 Å². The van der Waals surface area contributed by atoms with Crippen molar-refractivity contribution in [1.82, 2.24) is 14.9 Å². The Hall–Kier alpha value is -1.31. The van der Waals surface area contributed by atoms with E-state index in [0.717, 1.165) is 12.1 Å². The first-order chi connectivity index (χ1) is 11.0. The molecule has 128 valence electrons. The molecule has 1 saturated heterocycles. The molecule has 1 aromatic rings. The van der Waals surface area contributed by atoms with E-state index in [1.807, 2.05) is 31.2 Å². The number of aliphatic imine (C=N–C) groups is 1. The van der Waals surface area contributed by atoms with Crippen LogP contribution in [-0.2, 0) is 16.6 Å². The van der Waals surface area contributed by atoms with E-state index in [1.165, 1.54) is 4.31 Å². The number of sulfonamides is 1. The maximum Gasteiger partial charge on any atom is 0.214 e. The first kappa shape index (κ1) is 18.0. The standard InChI is InChI=1S/C15H23ClN4O2S/c1-2-17-15(19-12-13-4-6-14(16)7-5-13)18-8-10-20-9-3-11-23(20,21)22/h4-7H,2-3,8-12H2,1H3,(H2,17,18,19). The van der Waals surface area contributed by atoms with Crippen molar-refractivity contribution in [3.05, 3.63) is 34.9 Å². The number of guanidine groups is 1. The molecule has 1 aliphatic rings. The molecule has 2 N–H and O–H groups in total. The molecule has 8 heteroatoms. The molecule has 2 rings (SSSR count). The van der Waals surface area contributed by atoms with Crippen LogP contribution in [0.1, 0.15) is 18.9 Å². The van der Waals surface area contributed by atoms with Gasteiger partial charge < -0.3 is 10.6 Å². The van der Waals surface area contributed by atoms with Crippen molar-refractivity contribution in [2.24, 2.45) is 4.99 Å². The summed E-state index contributed by atoms with van der Waals surface area (Å²) in [5, 5.41) is 7.03. The number of hydrogen-bond acceptors (Lipinski definition) is 3. The van der Waals surface area contributed by atoms with E-state index in [0.29, 0.717) is 43.6 Å². The minimum absolute atomic E-state index is 0.262. The molecule has 0 radical (unpaired) electrons. The van der Waals surface area contributed by atoms with Gasteiger partial charge in [-0.25, -0.2) is 17.7 Å². The third-order valence-electron chi connectivity index (χ3n) is 3.53. The molecule has 1 aliphatic heterocycles. The maximum absolute atomic E-state index is 11.7. The van der Waals surface area contributed by atoms with E-state index in [4.69, 9.17) is 11.6 Å². The number of nitrogens with one attached hydrogen (secondary N) is 2. The van der Waals surface area contributed by atoms with Crippen molar-refractivity contribution in [3.8, 4) is 0 Å². The predicted octanol–water partition coefficient (Wildman–Crippen LogP) is 1.43. The van der Waals surface area contributed by atoms with Gasteiger partial charge in [0.15, 0.2) is 5.96 Å². The van der Waals surface area contributed by atoms with Gasteiger partial charge >= 0.3 is 0 Å². The SMILES string of the molecule is CCNC(=NCc1ccc(Cl)cc1)NCCN1CCCS1(=O)=O. The Bertz CT molecular complexity index is 631. The summed E-state index contributed by atoms with van der Waals surface area (Å²) in [6, 6.07) is 7.55. The Morgan fingerprint density at radius 1 is 1.30 bits per heavy atom. The highest BCUT2D eigenvalue weighted by molar-refractivity contribution is 7.89. The van der Waals surface area contributed by atoms with Gasteiger partial charge in [-0.1, -0.05) is 23.7 Å². The monoisotopic (exact) mass is 358 g/mol. The number of rotatable bonds is 6. The zero-order valence-electron chi connectivity index (χ0n) is 13.3. The molecule has 0 unspecified atom stereocenters. The van der Waals surface area contributed by atoms with E-state index in [1.54, 1.807) is 0 Å². The molecule has 1 heterocycles. The molecule has 0 atom stereocenters. The second kappa shape index (κ2) is 8.52. The van der Waals surface area contributed by atoms with E-state index < -0.39 is 10.0 Å². The smallest absolute Gasteiger partial charge is 0.214 e. The van der Waals surface area contributed by atoms with Gasteiger partial charge in [-0.2, -0.15) is 0 Å². The molecule has 1 aromatic carbocycles. The van der Waals surface area contributed by atoms with Gasteiger partial charge in [0.2, 0.25) is 10.0 Å². The first-order valence-electron chi connectivity index (χ1n) is 7.75. The van der Waals surface area contributed by atoms with Gasteiger partial charge in [0.05, 0.1) is 12.3 Å².